The van der Waals surface area contributed by atoms with Gasteiger partial charge in [-0.15, -0.1) is 0 Å². The van der Waals surface area contributed by atoms with Crippen molar-refractivity contribution in [2.45, 2.75) is 12.3 Å². The van der Waals surface area contributed by atoms with E-state index >= 15 is 0 Å². The largest absolute Gasteiger partial charge is 0.345 e. The minimum absolute atomic E-state index is 0.0113. The molecule has 6 heteroatoms. The molecule has 2 aliphatic rings. The van der Waals surface area contributed by atoms with Gasteiger partial charge in [-0.25, -0.2) is 4.98 Å². The summed E-state index contributed by atoms with van der Waals surface area (Å²) < 4.78 is 0. The van der Waals surface area contributed by atoms with E-state index in [1.807, 2.05) is 46.2 Å². The number of carbonyl (C=O) groups is 2. The van der Waals surface area contributed by atoms with E-state index in [2.05, 4.69) is 22.1 Å². The summed E-state index contributed by atoms with van der Waals surface area (Å²) in [6.45, 7) is 2.37. The molecule has 2 amide bonds. The molecule has 5 rings (SSSR count). The molecule has 2 heterocycles. The van der Waals surface area contributed by atoms with E-state index in [0.717, 1.165) is 17.5 Å². The predicted molar refractivity (Wildman–Crippen MR) is 106 cm³/mol. The van der Waals surface area contributed by atoms with Gasteiger partial charge in [-0.1, -0.05) is 30.3 Å². The van der Waals surface area contributed by atoms with Gasteiger partial charge in [0.15, 0.2) is 0 Å². The molecule has 2 aromatic carbocycles. The highest BCUT2D eigenvalue weighted by molar-refractivity contribution is 5.97. The average Bonchev–Trinajstić information content (AvgIpc) is 3.42. The minimum atomic E-state index is 0.0113. The van der Waals surface area contributed by atoms with Crippen molar-refractivity contribution in [3.63, 3.8) is 0 Å². The molecule has 0 bridgehead atoms. The van der Waals surface area contributed by atoms with E-state index in [9.17, 15) is 9.59 Å². The van der Waals surface area contributed by atoms with Gasteiger partial charge in [0, 0.05) is 37.7 Å². The highest BCUT2D eigenvalue weighted by atomic mass is 16.2. The normalized spacial score (nSPS) is 21.7. The fourth-order valence-electron chi connectivity index (χ4n) is 4.15. The average molecular weight is 374 g/mol. The fraction of sp³-hybridized carbons (Fsp3) is 0.318. The number of carbonyl (C=O) groups excluding carboxylic acids is 2. The molecule has 1 aliphatic carbocycles. The number of rotatable bonds is 3. The molecule has 1 saturated heterocycles. The molecule has 3 aromatic rings. The number of hydrogen-bond donors (Lipinski definition) is 1. The van der Waals surface area contributed by atoms with Crippen molar-refractivity contribution in [3.05, 3.63) is 66.0 Å². The van der Waals surface area contributed by atoms with Crippen molar-refractivity contribution < 1.29 is 9.59 Å². The molecule has 2 unspecified atom stereocenters. The number of hydrogen-bond acceptors (Lipinski definition) is 3. The standard InChI is InChI=1S/C22H22N4O2/c27-21(16-6-7-19-20(12-16)24-14-23-19)25-8-10-26(11-9-25)22(28)18-13-17(18)15-4-2-1-3-5-15/h1-7,12,14,17-18H,8-11,13H2,(H,23,24). The molecule has 1 aromatic heterocycles. The van der Waals surface area contributed by atoms with Gasteiger partial charge >= 0.3 is 0 Å². The number of amides is 2. The lowest BCUT2D eigenvalue weighted by molar-refractivity contribution is -0.134. The number of nitrogens with one attached hydrogen (secondary N) is 1. The zero-order chi connectivity index (χ0) is 19.1. The molecule has 1 saturated carbocycles. The Morgan fingerprint density at radius 2 is 1.71 bits per heavy atom. The zero-order valence-electron chi connectivity index (χ0n) is 15.5. The maximum atomic E-state index is 12.8. The summed E-state index contributed by atoms with van der Waals surface area (Å²) in [4.78, 5) is 36.6. The SMILES string of the molecule is O=C(c1ccc2nc[nH]c2c1)N1CCN(C(=O)C2CC2c2ccccc2)CC1. The Bertz CT molecular complexity index is 1020. The van der Waals surface area contributed by atoms with Gasteiger partial charge in [0.1, 0.15) is 0 Å². The lowest BCUT2D eigenvalue weighted by atomic mass is 10.1. The van der Waals surface area contributed by atoms with Crippen LogP contribution < -0.4 is 0 Å². The number of H-pyrrole nitrogens is 1. The van der Waals surface area contributed by atoms with Crippen molar-refractivity contribution in [1.29, 1.82) is 0 Å². The van der Waals surface area contributed by atoms with Gasteiger partial charge in [-0.2, -0.15) is 0 Å². The first-order valence-electron chi connectivity index (χ1n) is 9.77. The summed E-state index contributed by atoms with van der Waals surface area (Å²) in [5.41, 5.74) is 3.62. The van der Waals surface area contributed by atoms with Gasteiger partial charge in [0.2, 0.25) is 5.91 Å². The number of benzene rings is 2. The van der Waals surface area contributed by atoms with Gasteiger partial charge in [-0.3, -0.25) is 9.59 Å². The van der Waals surface area contributed by atoms with E-state index in [4.69, 9.17) is 0 Å². The van der Waals surface area contributed by atoms with Gasteiger partial charge in [0.05, 0.1) is 17.4 Å². The molecular formula is C22H22N4O2. The number of piperazine rings is 1. The van der Waals surface area contributed by atoms with Crippen LogP contribution in [0.25, 0.3) is 11.0 Å². The molecular weight excluding hydrogens is 352 g/mol. The Balaban J connectivity index is 1.19. The summed E-state index contributed by atoms with van der Waals surface area (Å²) in [6, 6.07) is 15.8. The van der Waals surface area contributed by atoms with Crippen LogP contribution in [-0.2, 0) is 4.79 Å². The second-order valence-electron chi connectivity index (χ2n) is 7.61. The van der Waals surface area contributed by atoms with Crippen LogP contribution in [0.5, 0.6) is 0 Å². The monoisotopic (exact) mass is 374 g/mol. The lowest BCUT2D eigenvalue weighted by Gasteiger charge is -2.35. The third-order valence-corrected chi connectivity index (χ3v) is 5.88. The van der Waals surface area contributed by atoms with Crippen molar-refractivity contribution in [2.24, 2.45) is 5.92 Å². The quantitative estimate of drug-likeness (QED) is 0.766. The van der Waals surface area contributed by atoms with Crippen molar-refractivity contribution in [1.82, 2.24) is 19.8 Å². The number of fused-ring (bicyclic) bond motifs is 1. The Hall–Kier alpha value is -3.15. The summed E-state index contributed by atoms with van der Waals surface area (Å²) in [7, 11) is 0. The second kappa shape index (κ2) is 6.78. The van der Waals surface area contributed by atoms with Crippen LogP contribution in [0.15, 0.2) is 54.9 Å². The van der Waals surface area contributed by atoms with E-state index in [1.54, 1.807) is 6.33 Å². The zero-order valence-corrected chi connectivity index (χ0v) is 15.5. The Labute approximate surface area is 163 Å². The first kappa shape index (κ1) is 17.0. The number of aromatic amines is 1. The maximum Gasteiger partial charge on any atom is 0.254 e. The van der Waals surface area contributed by atoms with E-state index in [-0.39, 0.29) is 17.7 Å². The Kier molecular flexibility index (Phi) is 4.11. The number of imidazole rings is 1. The first-order valence-corrected chi connectivity index (χ1v) is 9.77. The summed E-state index contributed by atoms with van der Waals surface area (Å²) in [5, 5.41) is 0. The number of aromatic nitrogens is 2. The second-order valence-corrected chi connectivity index (χ2v) is 7.61. The minimum Gasteiger partial charge on any atom is -0.345 e. The molecule has 0 spiro atoms. The van der Waals surface area contributed by atoms with Crippen LogP contribution >= 0.6 is 0 Å². The predicted octanol–water partition coefficient (Wildman–Crippen LogP) is 2.65. The molecule has 1 aliphatic heterocycles. The molecule has 142 valence electrons. The van der Waals surface area contributed by atoms with E-state index in [1.165, 1.54) is 5.56 Å². The van der Waals surface area contributed by atoms with Gasteiger partial charge in [-0.05, 0) is 36.1 Å². The third-order valence-electron chi connectivity index (χ3n) is 5.88. The van der Waals surface area contributed by atoms with E-state index < -0.39 is 0 Å². The summed E-state index contributed by atoms with van der Waals surface area (Å²) in [5.74, 6) is 0.707. The third kappa shape index (κ3) is 3.05. The van der Waals surface area contributed by atoms with Crippen molar-refractivity contribution >= 4 is 22.8 Å². The Morgan fingerprint density at radius 3 is 2.50 bits per heavy atom. The molecule has 1 N–H and O–H groups in total. The van der Waals surface area contributed by atoms with Gasteiger partial charge < -0.3 is 14.8 Å². The van der Waals surface area contributed by atoms with E-state index in [0.29, 0.717) is 37.7 Å². The van der Waals surface area contributed by atoms with Crippen LogP contribution in [0.4, 0.5) is 0 Å². The number of nitrogens with zero attached hydrogens (tertiary/aromatic N) is 3. The molecule has 2 atom stereocenters. The highest BCUT2D eigenvalue weighted by Crippen LogP contribution is 2.48. The topological polar surface area (TPSA) is 69.3 Å². The Morgan fingerprint density at radius 1 is 0.964 bits per heavy atom. The summed E-state index contributed by atoms with van der Waals surface area (Å²) in [6.07, 6.45) is 2.57. The van der Waals surface area contributed by atoms with Crippen LogP contribution in [0.2, 0.25) is 0 Å². The van der Waals surface area contributed by atoms with Crippen molar-refractivity contribution in [3.8, 4) is 0 Å². The fourth-order valence-corrected chi connectivity index (χ4v) is 4.15. The van der Waals surface area contributed by atoms with Crippen LogP contribution in [-0.4, -0.2) is 57.8 Å². The maximum absolute atomic E-state index is 12.8. The highest BCUT2D eigenvalue weighted by Gasteiger charge is 2.46. The molecule has 0 radical (unpaired) electrons. The smallest absolute Gasteiger partial charge is 0.254 e. The first-order chi connectivity index (χ1) is 13.7. The van der Waals surface area contributed by atoms with Gasteiger partial charge in [0.25, 0.3) is 5.91 Å². The molecule has 6 nitrogen and oxygen atoms in total. The van der Waals surface area contributed by atoms with Crippen molar-refractivity contribution in [2.75, 3.05) is 26.2 Å². The molecule has 2 fully saturated rings. The van der Waals surface area contributed by atoms with Crippen LogP contribution in [0.1, 0.15) is 28.3 Å². The summed E-state index contributed by atoms with van der Waals surface area (Å²) >= 11 is 0. The van der Waals surface area contributed by atoms with Crippen LogP contribution in [0.3, 0.4) is 0 Å². The van der Waals surface area contributed by atoms with Crippen LogP contribution in [0, 0.1) is 5.92 Å². The lowest BCUT2D eigenvalue weighted by Crippen LogP contribution is -2.51. The molecule has 28 heavy (non-hydrogen) atoms.